The van der Waals surface area contributed by atoms with E-state index in [9.17, 15) is 18.0 Å². The zero-order valence-corrected chi connectivity index (χ0v) is 24.3. The Morgan fingerprint density at radius 1 is 1.23 bits per heavy atom. The Labute approximate surface area is 231 Å². The van der Waals surface area contributed by atoms with Crippen molar-refractivity contribution < 1.29 is 22.7 Å². The Morgan fingerprint density at radius 2 is 1.90 bits per heavy atom. The molecule has 0 aromatic heterocycles. The zero-order chi connectivity index (χ0) is 29.0. The third kappa shape index (κ3) is 7.36. The molecule has 1 fully saturated rings. The highest BCUT2D eigenvalue weighted by atomic mass is 32.2. The molecule has 0 spiro atoms. The van der Waals surface area contributed by atoms with E-state index in [4.69, 9.17) is 10.1 Å². The molecule has 11 heteroatoms. The number of nitrogens with one attached hydrogen (secondary N) is 3. The summed E-state index contributed by atoms with van der Waals surface area (Å²) < 4.78 is 31.0. The summed E-state index contributed by atoms with van der Waals surface area (Å²) in [6, 6.07) is 14.0. The van der Waals surface area contributed by atoms with Gasteiger partial charge in [0.25, 0.3) is 5.91 Å². The minimum absolute atomic E-state index is 0.0103. The van der Waals surface area contributed by atoms with Crippen LogP contribution in [0.2, 0.25) is 0 Å². The van der Waals surface area contributed by atoms with Crippen LogP contribution in [0.15, 0.2) is 48.5 Å². The van der Waals surface area contributed by atoms with Gasteiger partial charge in [0.2, 0.25) is 15.9 Å². The molecule has 1 aliphatic heterocycles. The summed E-state index contributed by atoms with van der Waals surface area (Å²) in [6.45, 7) is 6.35. The number of carbonyl (C=O) groups excluding carboxylic acids is 2. The second-order valence-corrected chi connectivity index (χ2v) is 12.6. The predicted molar refractivity (Wildman–Crippen MR) is 152 cm³/mol. The number of rotatable bonds is 11. The van der Waals surface area contributed by atoms with Gasteiger partial charge in [-0.15, -0.1) is 0 Å². The molecule has 0 saturated carbocycles. The summed E-state index contributed by atoms with van der Waals surface area (Å²) >= 11 is 0. The van der Waals surface area contributed by atoms with E-state index in [2.05, 4.69) is 10.6 Å². The third-order valence-electron chi connectivity index (χ3n) is 7.33. The van der Waals surface area contributed by atoms with E-state index in [0.717, 1.165) is 16.1 Å². The van der Waals surface area contributed by atoms with Crippen LogP contribution in [0.3, 0.4) is 0 Å². The quantitative estimate of drug-likeness (QED) is 0.389. The van der Waals surface area contributed by atoms with E-state index in [1.54, 1.807) is 19.2 Å². The molecule has 1 saturated heterocycles. The molecule has 10 nitrogen and oxygen atoms in total. The first-order chi connectivity index (χ1) is 18.2. The first-order valence-corrected chi connectivity index (χ1v) is 14.7. The maximum atomic E-state index is 13.5. The number of hydrogen-bond donors (Lipinski definition) is 3. The van der Waals surface area contributed by atoms with Gasteiger partial charge in [-0.05, 0) is 48.6 Å². The Morgan fingerprint density at radius 3 is 2.46 bits per heavy atom. The lowest BCUT2D eigenvalue weighted by atomic mass is 9.83. The Hall–Kier alpha value is -3.44. The molecule has 0 radical (unpaired) electrons. The maximum Gasteiger partial charge on any atom is 0.251 e. The number of amides is 2. The fourth-order valence-electron chi connectivity index (χ4n) is 4.37. The molecular weight excluding hydrogens is 518 g/mol. The van der Waals surface area contributed by atoms with E-state index < -0.39 is 21.5 Å². The lowest BCUT2D eigenvalue weighted by molar-refractivity contribution is -0.131. The van der Waals surface area contributed by atoms with Crippen molar-refractivity contribution in [3.05, 3.63) is 65.2 Å². The number of ether oxygens (including phenoxy) is 1. The van der Waals surface area contributed by atoms with Crippen molar-refractivity contribution in [2.75, 3.05) is 31.3 Å². The van der Waals surface area contributed by atoms with Crippen LogP contribution in [0.25, 0.3) is 0 Å². The molecule has 3 N–H and O–H groups in total. The fraction of sp³-hybridized carbons (Fsp3) is 0.464. The van der Waals surface area contributed by atoms with Crippen molar-refractivity contribution in [3.63, 3.8) is 0 Å². The first kappa shape index (κ1) is 30.1. The lowest BCUT2D eigenvalue weighted by Gasteiger charge is -2.43. The standard InChI is InChI=1S/C28H39N5O5S/c1-19(2)28(3)17-25(34)33(27(29)31-28)18-20-14-22(16-23(15-20)32(4)39(6,36)37)26(35)30-24(12-13-38-5)21-10-8-7-9-11-21/h7-11,14-16,19,24H,12-13,17-18H2,1-6H3,(H2,29,31)(H,30,35)/t24-,28-/m0/s1. The van der Waals surface area contributed by atoms with E-state index in [0.29, 0.717) is 18.6 Å². The van der Waals surface area contributed by atoms with Crippen molar-refractivity contribution in [2.45, 2.75) is 51.7 Å². The molecule has 0 bridgehead atoms. The second-order valence-electron chi connectivity index (χ2n) is 10.5. The summed E-state index contributed by atoms with van der Waals surface area (Å²) in [6.07, 6.45) is 1.83. The molecule has 39 heavy (non-hydrogen) atoms. The first-order valence-electron chi connectivity index (χ1n) is 12.8. The third-order valence-corrected chi connectivity index (χ3v) is 8.53. The number of sulfonamides is 1. The highest BCUT2D eigenvalue weighted by Crippen LogP contribution is 2.28. The normalized spacial score (nSPS) is 18.6. The van der Waals surface area contributed by atoms with Gasteiger partial charge in [0.1, 0.15) is 0 Å². The largest absolute Gasteiger partial charge is 0.385 e. The highest BCUT2D eigenvalue weighted by molar-refractivity contribution is 7.92. The minimum atomic E-state index is -3.62. The molecule has 2 aromatic rings. The summed E-state index contributed by atoms with van der Waals surface area (Å²) in [5, 5.41) is 14.7. The van der Waals surface area contributed by atoms with Gasteiger partial charge in [0.05, 0.1) is 31.0 Å². The molecular formula is C28H39N5O5S. The van der Waals surface area contributed by atoms with Crippen LogP contribution in [-0.2, 0) is 26.1 Å². The van der Waals surface area contributed by atoms with Gasteiger partial charge in [-0.2, -0.15) is 0 Å². The van der Waals surface area contributed by atoms with E-state index in [1.807, 2.05) is 51.1 Å². The zero-order valence-electron chi connectivity index (χ0n) is 23.4. The predicted octanol–water partition coefficient (Wildman–Crippen LogP) is 3.26. The van der Waals surface area contributed by atoms with Gasteiger partial charge >= 0.3 is 0 Å². The SMILES string of the molecule is COCC[C@H](NC(=O)c1cc(CN2C(=N)N[C@](C)(C(C)C)CC2=O)cc(N(C)S(C)(=O)=O)c1)c1ccccc1. The molecule has 2 atom stereocenters. The van der Waals surface area contributed by atoms with Crippen LogP contribution in [0.1, 0.15) is 61.1 Å². The summed E-state index contributed by atoms with van der Waals surface area (Å²) in [5.74, 6) is -0.511. The van der Waals surface area contributed by atoms with Crippen LogP contribution in [-0.4, -0.2) is 63.7 Å². The minimum Gasteiger partial charge on any atom is -0.385 e. The average molecular weight is 558 g/mol. The molecule has 1 heterocycles. The molecule has 3 rings (SSSR count). The van der Waals surface area contributed by atoms with Crippen molar-refractivity contribution in [1.82, 2.24) is 15.5 Å². The molecule has 0 aliphatic carbocycles. The van der Waals surface area contributed by atoms with Gasteiger partial charge in [0, 0.05) is 31.9 Å². The van der Waals surface area contributed by atoms with Gasteiger partial charge in [-0.3, -0.25) is 24.2 Å². The Balaban J connectivity index is 1.95. The lowest BCUT2D eigenvalue weighted by Crippen LogP contribution is -2.62. The van der Waals surface area contributed by atoms with Crippen LogP contribution >= 0.6 is 0 Å². The molecule has 2 aromatic carbocycles. The van der Waals surface area contributed by atoms with Crippen molar-refractivity contribution >= 4 is 33.5 Å². The van der Waals surface area contributed by atoms with Crippen LogP contribution in [0, 0.1) is 11.3 Å². The van der Waals surface area contributed by atoms with E-state index >= 15 is 0 Å². The van der Waals surface area contributed by atoms with Crippen LogP contribution in [0.5, 0.6) is 0 Å². The Kier molecular flexibility index (Phi) is 9.39. The summed E-state index contributed by atoms with van der Waals surface area (Å²) in [7, 11) is -0.619. The number of nitrogens with zero attached hydrogens (tertiary/aromatic N) is 2. The average Bonchev–Trinajstić information content (AvgIpc) is 2.87. The topological polar surface area (TPSA) is 132 Å². The summed E-state index contributed by atoms with van der Waals surface area (Å²) in [5.41, 5.74) is 1.42. The number of guanidine groups is 1. The number of anilines is 1. The van der Waals surface area contributed by atoms with Gasteiger partial charge in [0.15, 0.2) is 5.96 Å². The molecule has 0 unspecified atom stereocenters. The number of benzene rings is 2. The number of carbonyl (C=O) groups is 2. The smallest absolute Gasteiger partial charge is 0.251 e. The second kappa shape index (κ2) is 12.2. The summed E-state index contributed by atoms with van der Waals surface area (Å²) in [4.78, 5) is 27.9. The molecule has 1 aliphatic rings. The van der Waals surface area contributed by atoms with Gasteiger partial charge in [-0.25, -0.2) is 8.42 Å². The van der Waals surface area contributed by atoms with Crippen molar-refractivity contribution in [1.29, 1.82) is 5.41 Å². The monoisotopic (exact) mass is 557 g/mol. The number of hydrogen-bond acceptors (Lipinski definition) is 6. The fourth-order valence-corrected chi connectivity index (χ4v) is 4.86. The molecule has 2 amide bonds. The highest BCUT2D eigenvalue weighted by Gasteiger charge is 2.40. The van der Waals surface area contributed by atoms with Crippen molar-refractivity contribution in [2.24, 2.45) is 5.92 Å². The van der Waals surface area contributed by atoms with E-state index in [-0.39, 0.29) is 48.0 Å². The van der Waals surface area contributed by atoms with E-state index in [1.165, 1.54) is 18.0 Å². The number of methoxy groups -OCH3 is 1. The van der Waals surface area contributed by atoms with Gasteiger partial charge in [-0.1, -0.05) is 44.2 Å². The van der Waals surface area contributed by atoms with Crippen molar-refractivity contribution in [3.8, 4) is 0 Å². The molecule has 212 valence electrons. The van der Waals surface area contributed by atoms with Crippen LogP contribution in [0.4, 0.5) is 5.69 Å². The van der Waals surface area contributed by atoms with Crippen LogP contribution < -0.4 is 14.9 Å². The maximum absolute atomic E-state index is 13.5. The Bertz CT molecular complexity index is 1290. The van der Waals surface area contributed by atoms with Gasteiger partial charge < -0.3 is 15.4 Å².